The Hall–Kier alpha value is -1.49. The minimum absolute atomic E-state index is 0.144. The van der Waals surface area contributed by atoms with Crippen LogP contribution in [0.2, 0.25) is 0 Å². The van der Waals surface area contributed by atoms with Gasteiger partial charge in [0.2, 0.25) is 0 Å². The number of furan rings is 1. The number of carbonyl (C=O) groups is 1. The summed E-state index contributed by atoms with van der Waals surface area (Å²) in [6, 6.07) is 3.70. The Morgan fingerprint density at radius 3 is 3.18 bits per heavy atom. The molecule has 4 nitrogen and oxygen atoms in total. The maximum Gasteiger partial charge on any atom is 0.309 e. The van der Waals surface area contributed by atoms with Crippen LogP contribution >= 0.6 is 11.8 Å². The summed E-state index contributed by atoms with van der Waals surface area (Å²) in [6.45, 7) is 1.84. The van der Waals surface area contributed by atoms with E-state index in [1.165, 1.54) is 18.9 Å². The number of fused-ring (bicyclic) bond motifs is 1. The topological polar surface area (TPSA) is 52.3 Å². The van der Waals surface area contributed by atoms with Gasteiger partial charge in [-0.2, -0.15) is 0 Å². The molecule has 90 valence electrons. The first-order valence-corrected chi connectivity index (χ1v) is 6.23. The fraction of sp³-hybridized carbons (Fsp3) is 0.333. The monoisotopic (exact) mass is 251 g/mol. The van der Waals surface area contributed by atoms with Gasteiger partial charge >= 0.3 is 5.97 Å². The van der Waals surface area contributed by atoms with Crippen molar-refractivity contribution in [3.8, 4) is 0 Å². The predicted molar refractivity (Wildman–Crippen MR) is 65.9 cm³/mol. The molecule has 0 bridgehead atoms. The predicted octanol–water partition coefficient (Wildman–Crippen LogP) is 2.73. The standard InChI is InChI=1S/C12H13NO3S/c1-8(12(14)15-2)7-17-11-9-4-6-16-10(9)3-5-13-11/h3-6,8H,7H2,1-2H3. The van der Waals surface area contributed by atoms with Crippen molar-refractivity contribution in [1.29, 1.82) is 0 Å². The van der Waals surface area contributed by atoms with E-state index in [1.54, 1.807) is 12.5 Å². The molecule has 2 rings (SSSR count). The molecule has 1 atom stereocenters. The van der Waals surface area contributed by atoms with E-state index < -0.39 is 0 Å². The number of aromatic nitrogens is 1. The highest BCUT2D eigenvalue weighted by atomic mass is 32.2. The van der Waals surface area contributed by atoms with Gasteiger partial charge in [-0.1, -0.05) is 6.92 Å². The lowest BCUT2D eigenvalue weighted by Crippen LogP contribution is -2.14. The van der Waals surface area contributed by atoms with Crippen LogP contribution in [-0.4, -0.2) is 23.8 Å². The second-order valence-corrected chi connectivity index (χ2v) is 4.69. The Kier molecular flexibility index (Phi) is 3.68. The zero-order chi connectivity index (χ0) is 12.3. The van der Waals surface area contributed by atoms with Crippen LogP contribution in [-0.2, 0) is 9.53 Å². The Morgan fingerprint density at radius 2 is 2.41 bits per heavy atom. The molecule has 2 heterocycles. The van der Waals surface area contributed by atoms with Gasteiger partial charge in [0, 0.05) is 11.9 Å². The zero-order valence-electron chi connectivity index (χ0n) is 9.67. The van der Waals surface area contributed by atoms with E-state index in [2.05, 4.69) is 9.72 Å². The fourth-order valence-electron chi connectivity index (χ4n) is 1.46. The lowest BCUT2D eigenvalue weighted by Gasteiger charge is -2.08. The largest absolute Gasteiger partial charge is 0.469 e. The van der Waals surface area contributed by atoms with E-state index in [0.717, 1.165) is 16.0 Å². The van der Waals surface area contributed by atoms with Gasteiger partial charge in [0.1, 0.15) is 10.6 Å². The summed E-state index contributed by atoms with van der Waals surface area (Å²) < 4.78 is 9.97. The molecule has 2 aromatic rings. The lowest BCUT2D eigenvalue weighted by molar-refractivity contribution is -0.143. The highest BCUT2D eigenvalue weighted by Gasteiger charge is 2.14. The Morgan fingerprint density at radius 1 is 1.59 bits per heavy atom. The van der Waals surface area contributed by atoms with E-state index in [9.17, 15) is 4.79 Å². The number of ether oxygens (including phenoxy) is 1. The number of hydrogen-bond donors (Lipinski definition) is 0. The highest BCUT2D eigenvalue weighted by molar-refractivity contribution is 7.99. The number of rotatable bonds is 4. The molecule has 0 saturated carbocycles. The van der Waals surface area contributed by atoms with Crippen molar-refractivity contribution in [2.45, 2.75) is 11.9 Å². The molecule has 0 radical (unpaired) electrons. The van der Waals surface area contributed by atoms with E-state index in [-0.39, 0.29) is 11.9 Å². The maximum atomic E-state index is 11.3. The van der Waals surface area contributed by atoms with E-state index in [4.69, 9.17) is 4.42 Å². The summed E-state index contributed by atoms with van der Waals surface area (Å²) in [5.41, 5.74) is 0.813. The first-order valence-electron chi connectivity index (χ1n) is 5.25. The second kappa shape index (κ2) is 5.23. The third-order valence-electron chi connectivity index (χ3n) is 2.42. The fourth-order valence-corrected chi connectivity index (χ4v) is 2.46. The molecule has 0 amide bonds. The molecule has 0 spiro atoms. The summed E-state index contributed by atoms with van der Waals surface area (Å²) >= 11 is 1.53. The van der Waals surface area contributed by atoms with Gasteiger partial charge in [-0.3, -0.25) is 4.79 Å². The van der Waals surface area contributed by atoms with E-state index in [0.29, 0.717) is 5.75 Å². The molecule has 1 unspecified atom stereocenters. The smallest absolute Gasteiger partial charge is 0.309 e. The molecule has 2 aromatic heterocycles. The lowest BCUT2D eigenvalue weighted by atomic mass is 10.2. The second-order valence-electron chi connectivity index (χ2n) is 3.68. The zero-order valence-corrected chi connectivity index (χ0v) is 10.5. The number of esters is 1. The van der Waals surface area contributed by atoms with Gasteiger partial charge in [0.15, 0.2) is 0 Å². The van der Waals surface area contributed by atoms with Crippen LogP contribution in [0.4, 0.5) is 0 Å². The summed E-state index contributed by atoms with van der Waals surface area (Å²) in [6.07, 6.45) is 3.34. The third-order valence-corrected chi connectivity index (χ3v) is 3.68. The molecule has 0 N–H and O–H groups in total. The highest BCUT2D eigenvalue weighted by Crippen LogP contribution is 2.27. The van der Waals surface area contributed by atoms with Crippen molar-refractivity contribution >= 4 is 28.7 Å². The Bertz CT molecular complexity index is 523. The molecule has 0 aliphatic carbocycles. The maximum absolute atomic E-state index is 11.3. The number of thioether (sulfide) groups is 1. The van der Waals surface area contributed by atoms with Crippen molar-refractivity contribution in [3.05, 3.63) is 24.6 Å². The Balaban J connectivity index is 2.09. The molecule has 5 heteroatoms. The molecule has 0 aliphatic heterocycles. The van der Waals surface area contributed by atoms with Crippen molar-refractivity contribution in [2.75, 3.05) is 12.9 Å². The van der Waals surface area contributed by atoms with Crippen LogP contribution < -0.4 is 0 Å². The van der Waals surface area contributed by atoms with Crippen molar-refractivity contribution in [3.63, 3.8) is 0 Å². The van der Waals surface area contributed by atoms with Gasteiger partial charge in [0.05, 0.1) is 24.7 Å². The van der Waals surface area contributed by atoms with Gasteiger partial charge in [0.25, 0.3) is 0 Å². The summed E-state index contributed by atoms with van der Waals surface area (Å²) in [7, 11) is 1.40. The normalized spacial score (nSPS) is 12.6. The molecule has 0 saturated heterocycles. The van der Waals surface area contributed by atoms with Crippen molar-refractivity contribution < 1.29 is 13.9 Å². The van der Waals surface area contributed by atoms with Crippen LogP contribution in [0.5, 0.6) is 0 Å². The van der Waals surface area contributed by atoms with Gasteiger partial charge in [-0.15, -0.1) is 11.8 Å². The summed E-state index contributed by atoms with van der Waals surface area (Å²) in [4.78, 5) is 15.6. The van der Waals surface area contributed by atoms with Crippen molar-refractivity contribution in [2.24, 2.45) is 5.92 Å². The first kappa shape index (κ1) is 12.0. The SMILES string of the molecule is COC(=O)C(C)CSc1nccc2occc12. The number of hydrogen-bond acceptors (Lipinski definition) is 5. The van der Waals surface area contributed by atoms with E-state index >= 15 is 0 Å². The number of nitrogens with zero attached hydrogens (tertiary/aromatic N) is 1. The average molecular weight is 251 g/mol. The quantitative estimate of drug-likeness (QED) is 0.617. The van der Waals surface area contributed by atoms with Crippen molar-refractivity contribution in [1.82, 2.24) is 4.98 Å². The minimum Gasteiger partial charge on any atom is -0.469 e. The van der Waals surface area contributed by atoms with Crippen LogP contribution in [0.3, 0.4) is 0 Å². The van der Waals surface area contributed by atoms with Crippen LogP contribution in [0.25, 0.3) is 11.0 Å². The van der Waals surface area contributed by atoms with Gasteiger partial charge in [-0.05, 0) is 12.1 Å². The Labute approximate surface area is 103 Å². The molecule has 0 fully saturated rings. The molecular weight excluding hydrogens is 238 g/mol. The number of methoxy groups -OCH3 is 1. The molecule has 0 aromatic carbocycles. The average Bonchev–Trinajstić information content (AvgIpc) is 2.83. The number of pyridine rings is 1. The molecule has 17 heavy (non-hydrogen) atoms. The third kappa shape index (κ3) is 2.61. The van der Waals surface area contributed by atoms with E-state index in [1.807, 2.05) is 19.1 Å². The summed E-state index contributed by atoms with van der Waals surface area (Å²) in [5, 5.41) is 1.86. The number of carbonyl (C=O) groups excluding carboxylic acids is 1. The molecular formula is C12H13NO3S. The van der Waals surface area contributed by atoms with Gasteiger partial charge < -0.3 is 9.15 Å². The van der Waals surface area contributed by atoms with Crippen LogP contribution in [0.15, 0.2) is 34.0 Å². The minimum atomic E-state index is -0.197. The van der Waals surface area contributed by atoms with Crippen LogP contribution in [0, 0.1) is 5.92 Å². The van der Waals surface area contributed by atoms with Gasteiger partial charge in [-0.25, -0.2) is 4.98 Å². The molecule has 0 aliphatic rings. The van der Waals surface area contributed by atoms with Crippen LogP contribution in [0.1, 0.15) is 6.92 Å². The summed E-state index contributed by atoms with van der Waals surface area (Å²) in [5.74, 6) is 0.301. The first-order chi connectivity index (χ1) is 8.22.